The molecule has 1 aliphatic rings. The summed E-state index contributed by atoms with van der Waals surface area (Å²) in [6.45, 7) is 6.22. The van der Waals surface area contributed by atoms with Crippen molar-refractivity contribution in [3.8, 4) is 0 Å². The predicted molar refractivity (Wildman–Crippen MR) is 69.8 cm³/mol. The average molecular weight is 253 g/mol. The maximum absolute atomic E-state index is 11.7. The summed E-state index contributed by atoms with van der Waals surface area (Å²) in [6, 6.07) is 3.86. The SMILES string of the molecule is C[C@@H](N)C(=O)N1CCN(Cc2cccs2)CC1. The summed E-state index contributed by atoms with van der Waals surface area (Å²) in [5.41, 5.74) is 5.61. The van der Waals surface area contributed by atoms with Crippen LogP contribution < -0.4 is 5.73 Å². The van der Waals surface area contributed by atoms with E-state index in [4.69, 9.17) is 5.73 Å². The Hall–Kier alpha value is -0.910. The van der Waals surface area contributed by atoms with Gasteiger partial charge in [0.2, 0.25) is 5.91 Å². The van der Waals surface area contributed by atoms with Crippen LogP contribution in [-0.2, 0) is 11.3 Å². The van der Waals surface area contributed by atoms with Gasteiger partial charge in [-0.2, -0.15) is 0 Å². The minimum absolute atomic E-state index is 0.0702. The van der Waals surface area contributed by atoms with Crippen molar-refractivity contribution in [3.05, 3.63) is 22.4 Å². The lowest BCUT2D eigenvalue weighted by atomic mass is 10.2. The first-order valence-electron chi connectivity index (χ1n) is 5.96. The lowest BCUT2D eigenvalue weighted by Crippen LogP contribution is -2.52. The van der Waals surface area contributed by atoms with Gasteiger partial charge < -0.3 is 10.6 Å². The van der Waals surface area contributed by atoms with Crippen LogP contribution in [0.5, 0.6) is 0 Å². The van der Waals surface area contributed by atoms with Gasteiger partial charge in [0.1, 0.15) is 0 Å². The zero-order valence-corrected chi connectivity index (χ0v) is 10.9. The fourth-order valence-electron chi connectivity index (χ4n) is 2.04. The third-order valence-electron chi connectivity index (χ3n) is 3.03. The molecule has 2 N–H and O–H groups in total. The lowest BCUT2D eigenvalue weighted by Gasteiger charge is -2.35. The monoisotopic (exact) mass is 253 g/mol. The van der Waals surface area contributed by atoms with Gasteiger partial charge in [-0.3, -0.25) is 9.69 Å². The van der Waals surface area contributed by atoms with Crippen LogP contribution in [0, 0.1) is 0 Å². The van der Waals surface area contributed by atoms with Crippen LogP contribution in [0.4, 0.5) is 0 Å². The third-order valence-corrected chi connectivity index (χ3v) is 3.89. The van der Waals surface area contributed by atoms with Crippen LogP contribution in [0.1, 0.15) is 11.8 Å². The molecule has 1 atom stereocenters. The Bertz CT molecular complexity index is 356. The Labute approximate surface area is 106 Å². The van der Waals surface area contributed by atoms with E-state index in [1.54, 1.807) is 18.3 Å². The summed E-state index contributed by atoms with van der Waals surface area (Å²) < 4.78 is 0. The molecule has 0 bridgehead atoms. The van der Waals surface area contributed by atoms with Gasteiger partial charge in [-0.15, -0.1) is 11.3 Å². The van der Waals surface area contributed by atoms with E-state index in [1.807, 2.05) is 4.90 Å². The van der Waals surface area contributed by atoms with Gasteiger partial charge in [-0.1, -0.05) is 6.07 Å². The number of thiophene rings is 1. The minimum Gasteiger partial charge on any atom is -0.339 e. The molecular weight excluding hydrogens is 234 g/mol. The highest BCUT2D eigenvalue weighted by Crippen LogP contribution is 2.13. The van der Waals surface area contributed by atoms with Crippen LogP contribution >= 0.6 is 11.3 Å². The predicted octanol–water partition coefficient (Wildman–Crippen LogP) is 0.740. The third kappa shape index (κ3) is 3.28. The first kappa shape index (κ1) is 12.5. The summed E-state index contributed by atoms with van der Waals surface area (Å²) in [6.07, 6.45) is 0. The second-order valence-electron chi connectivity index (χ2n) is 4.47. The molecule has 1 saturated heterocycles. The Morgan fingerprint density at radius 3 is 2.71 bits per heavy atom. The van der Waals surface area contributed by atoms with Crippen molar-refractivity contribution in [2.45, 2.75) is 19.5 Å². The molecular formula is C12H19N3OS. The van der Waals surface area contributed by atoms with Gasteiger partial charge in [0, 0.05) is 37.6 Å². The van der Waals surface area contributed by atoms with Gasteiger partial charge >= 0.3 is 0 Å². The second-order valence-corrected chi connectivity index (χ2v) is 5.50. The molecule has 0 radical (unpaired) electrons. The van der Waals surface area contributed by atoms with Crippen molar-refractivity contribution in [1.82, 2.24) is 9.80 Å². The molecule has 4 nitrogen and oxygen atoms in total. The average Bonchev–Trinajstić information content (AvgIpc) is 2.82. The Balaban J connectivity index is 1.80. The highest BCUT2D eigenvalue weighted by molar-refractivity contribution is 7.09. The minimum atomic E-state index is -0.376. The van der Waals surface area contributed by atoms with Gasteiger partial charge in [-0.05, 0) is 18.4 Å². The van der Waals surface area contributed by atoms with Crippen LogP contribution in [0.15, 0.2) is 17.5 Å². The van der Waals surface area contributed by atoms with Crippen LogP contribution in [0.3, 0.4) is 0 Å². The maximum atomic E-state index is 11.7. The molecule has 94 valence electrons. The molecule has 0 spiro atoms. The first-order valence-corrected chi connectivity index (χ1v) is 6.84. The smallest absolute Gasteiger partial charge is 0.239 e. The first-order chi connectivity index (χ1) is 8.16. The molecule has 0 aliphatic carbocycles. The molecule has 2 rings (SSSR count). The zero-order chi connectivity index (χ0) is 12.3. The topological polar surface area (TPSA) is 49.6 Å². The van der Waals surface area contributed by atoms with Crippen LogP contribution in [-0.4, -0.2) is 47.9 Å². The summed E-state index contributed by atoms with van der Waals surface area (Å²) >= 11 is 1.79. The standard InChI is InChI=1S/C12H19N3OS/c1-10(13)12(16)15-6-4-14(5-7-15)9-11-3-2-8-17-11/h2-3,8,10H,4-7,9,13H2,1H3/t10-/m1/s1. The fraction of sp³-hybridized carbons (Fsp3) is 0.583. The highest BCUT2D eigenvalue weighted by Gasteiger charge is 2.22. The zero-order valence-electron chi connectivity index (χ0n) is 10.1. The van der Waals surface area contributed by atoms with E-state index >= 15 is 0 Å². The number of nitrogens with zero attached hydrogens (tertiary/aromatic N) is 2. The molecule has 17 heavy (non-hydrogen) atoms. The quantitative estimate of drug-likeness (QED) is 0.864. The number of carbonyl (C=O) groups is 1. The molecule has 1 aliphatic heterocycles. The molecule has 1 amide bonds. The number of amides is 1. The molecule has 5 heteroatoms. The summed E-state index contributed by atoms with van der Waals surface area (Å²) in [5, 5.41) is 2.10. The largest absolute Gasteiger partial charge is 0.339 e. The number of hydrogen-bond donors (Lipinski definition) is 1. The fourth-order valence-corrected chi connectivity index (χ4v) is 2.78. The number of nitrogens with two attached hydrogens (primary N) is 1. The van der Waals surface area contributed by atoms with Crippen molar-refractivity contribution in [2.75, 3.05) is 26.2 Å². The number of piperazine rings is 1. The van der Waals surface area contributed by atoms with Crippen LogP contribution in [0.25, 0.3) is 0 Å². The van der Waals surface area contributed by atoms with Crippen molar-refractivity contribution < 1.29 is 4.79 Å². The maximum Gasteiger partial charge on any atom is 0.239 e. The highest BCUT2D eigenvalue weighted by atomic mass is 32.1. The summed E-state index contributed by atoms with van der Waals surface area (Å²) in [4.78, 5) is 17.3. The van der Waals surface area contributed by atoms with Gasteiger partial charge in [0.25, 0.3) is 0 Å². The van der Waals surface area contributed by atoms with Gasteiger partial charge in [0.15, 0.2) is 0 Å². The molecule has 1 aromatic rings. The van der Waals surface area contributed by atoms with E-state index in [0.717, 1.165) is 32.7 Å². The molecule has 0 aromatic carbocycles. The number of carbonyl (C=O) groups excluding carboxylic acids is 1. The van der Waals surface area contributed by atoms with Gasteiger partial charge in [0.05, 0.1) is 6.04 Å². The molecule has 2 heterocycles. The Morgan fingerprint density at radius 2 is 2.18 bits per heavy atom. The second kappa shape index (κ2) is 5.62. The Kier molecular flexibility index (Phi) is 4.15. The van der Waals surface area contributed by atoms with E-state index in [2.05, 4.69) is 22.4 Å². The normalized spacial score (nSPS) is 19.3. The van der Waals surface area contributed by atoms with E-state index in [-0.39, 0.29) is 11.9 Å². The van der Waals surface area contributed by atoms with E-state index in [9.17, 15) is 4.79 Å². The van der Waals surface area contributed by atoms with Crippen LogP contribution in [0.2, 0.25) is 0 Å². The molecule has 0 saturated carbocycles. The van der Waals surface area contributed by atoms with Crippen molar-refractivity contribution in [3.63, 3.8) is 0 Å². The van der Waals surface area contributed by atoms with Crippen molar-refractivity contribution >= 4 is 17.2 Å². The lowest BCUT2D eigenvalue weighted by molar-refractivity contribution is -0.134. The molecule has 1 aromatic heterocycles. The van der Waals surface area contributed by atoms with E-state index < -0.39 is 0 Å². The number of hydrogen-bond acceptors (Lipinski definition) is 4. The molecule has 0 unspecified atom stereocenters. The van der Waals surface area contributed by atoms with Crippen molar-refractivity contribution in [2.24, 2.45) is 5.73 Å². The van der Waals surface area contributed by atoms with Gasteiger partial charge in [-0.25, -0.2) is 0 Å². The summed E-state index contributed by atoms with van der Waals surface area (Å²) in [7, 11) is 0. The van der Waals surface area contributed by atoms with E-state index in [1.165, 1.54) is 4.88 Å². The Morgan fingerprint density at radius 1 is 1.47 bits per heavy atom. The molecule has 1 fully saturated rings. The van der Waals surface area contributed by atoms with Crippen molar-refractivity contribution in [1.29, 1.82) is 0 Å². The summed E-state index contributed by atoms with van der Waals surface area (Å²) in [5.74, 6) is 0.0702. The number of rotatable bonds is 3. The van der Waals surface area contributed by atoms with E-state index in [0.29, 0.717) is 0 Å².